The van der Waals surface area contributed by atoms with Gasteiger partial charge in [-0.3, -0.25) is 4.79 Å². The molecule has 3 atom stereocenters. The van der Waals surface area contributed by atoms with Crippen LogP contribution in [-0.2, 0) is 4.79 Å². The topological polar surface area (TPSA) is 32.3 Å². The summed E-state index contributed by atoms with van der Waals surface area (Å²) in [4.78, 5) is 15.0. The van der Waals surface area contributed by atoms with Crippen LogP contribution in [0.2, 0.25) is 5.02 Å². The average molecular weight is 307 g/mol. The van der Waals surface area contributed by atoms with E-state index in [1.165, 1.54) is 5.56 Å². The number of carbonyl (C=O) groups is 1. The third-order valence-corrected chi connectivity index (χ3v) is 5.02. The van der Waals surface area contributed by atoms with Crippen molar-refractivity contribution in [2.75, 3.05) is 13.1 Å². The number of hydrogen-bond donors (Lipinski definition) is 1. The van der Waals surface area contributed by atoms with Crippen LogP contribution in [0.25, 0.3) is 0 Å². The van der Waals surface area contributed by atoms with Crippen LogP contribution in [0.3, 0.4) is 0 Å². The number of rotatable bonds is 2. The van der Waals surface area contributed by atoms with E-state index in [-0.39, 0.29) is 12.0 Å². The smallest absolute Gasteiger partial charge is 0.226 e. The Labute approximate surface area is 131 Å². The number of nitrogens with one attached hydrogen (secondary N) is 1. The van der Waals surface area contributed by atoms with Gasteiger partial charge in [-0.2, -0.15) is 0 Å². The molecule has 0 bridgehead atoms. The second-order valence-electron chi connectivity index (χ2n) is 6.32. The molecule has 0 aliphatic carbocycles. The van der Waals surface area contributed by atoms with Gasteiger partial charge in [0.2, 0.25) is 5.91 Å². The molecule has 1 aromatic carbocycles. The van der Waals surface area contributed by atoms with Crippen molar-refractivity contribution in [1.82, 2.24) is 10.2 Å². The first kappa shape index (κ1) is 14.9. The molecule has 0 radical (unpaired) electrons. The molecule has 2 fully saturated rings. The van der Waals surface area contributed by atoms with Crippen LogP contribution in [0.5, 0.6) is 0 Å². The summed E-state index contributed by atoms with van der Waals surface area (Å²) in [5.41, 5.74) is 1.22. The lowest BCUT2D eigenvalue weighted by atomic mass is 9.91. The van der Waals surface area contributed by atoms with Crippen LogP contribution >= 0.6 is 11.6 Å². The third kappa shape index (κ3) is 3.24. The molecule has 0 spiro atoms. The lowest BCUT2D eigenvalue weighted by Gasteiger charge is -2.33. The van der Waals surface area contributed by atoms with Gasteiger partial charge in [-0.05, 0) is 56.8 Å². The minimum atomic E-state index is 0.189. The Bertz CT molecular complexity index is 502. The standard InChI is InChI=1S/C17H23ClN2O/c1-12-11-14(8-9-19-12)17(21)20-10-2-3-16(20)13-4-6-15(18)7-5-13/h4-7,12,14,16,19H,2-3,8-11H2,1H3/t12-,14-,16?/m0/s1. The van der Waals surface area contributed by atoms with Crippen LogP contribution in [0.1, 0.15) is 44.2 Å². The Hall–Kier alpha value is -1.06. The Morgan fingerprint density at radius 3 is 2.76 bits per heavy atom. The van der Waals surface area contributed by atoms with Crippen LogP contribution in [0, 0.1) is 5.92 Å². The summed E-state index contributed by atoms with van der Waals surface area (Å²) in [7, 11) is 0. The highest BCUT2D eigenvalue weighted by Gasteiger charge is 2.35. The largest absolute Gasteiger partial charge is 0.335 e. The molecule has 1 amide bonds. The van der Waals surface area contributed by atoms with Gasteiger partial charge in [0.1, 0.15) is 0 Å². The molecule has 0 aromatic heterocycles. The monoisotopic (exact) mass is 306 g/mol. The van der Waals surface area contributed by atoms with E-state index in [2.05, 4.69) is 29.3 Å². The zero-order valence-corrected chi connectivity index (χ0v) is 13.3. The molecular weight excluding hydrogens is 284 g/mol. The fourth-order valence-electron chi connectivity index (χ4n) is 3.65. The SMILES string of the molecule is C[C@H]1C[C@@H](C(=O)N2CCCC2c2ccc(Cl)cc2)CCN1. The van der Waals surface area contributed by atoms with Crippen molar-refractivity contribution in [3.63, 3.8) is 0 Å². The third-order valence-electron chi connectivity index (χ3n) is 4.76. The lowest BCUT2D eigenvalue weighted by molar-refractivity contribution is -0.137. The molecule has 21 heavy (non-hydrogen) atoms. The fourth-order valence-corrected chi connectivity index (χ4v) is 3.78. The molecule has 0 saturated carbocycles. The Balaban J connectivity index is 1.74. The first-order chi connectivity index (χ1) is 10.1. The van der Waals surface area contributed by atoms with E-state index in [1.54, 1.807) is 0 Å². The van der Waals surface area contributed by atoms with Crippen molar-refractivity contribution in [1.29, 1.82) is 0 Å². The maximum atomic E-state index is 12.9. The second kappa shape index (κ2) is 6.37. The molecule has 2 aliphatic heterocycles. The number of piperidine rings is 1. The van der Waals surface area contributed by atoms with Gasteiger partial charge in [0.15, 0.2) is 0 Å². The maximum Gasteiger partial charge on any atom is 0.226 e. The van der Waals surface area contributed by atoms with Gasteiger partial charge < -0.3 is 10.2 Å². The van der Waals surface area contributed by atoms with Crippen molar-refractivity contribution >= 4 is 17.5 Å². The molecular formula is C17H23ClN2O. The highest BCUT2D eigenvalue weighted by atomic mass is 35.5. The minimum absolute atomic E-state index is 0.189. The highest BCUT2D eigenvalue weighted by Crippen LogP contribution is 2.35. The van der Waals surface area contributed by atoms with Crippen molar-refractivity contribution in [3.05, 3.63) is 34.9 Å². The molecule has 3 rings (SSSR count). The zero-order valence-electron chi connectivity index (χ0n) is 12.5. The molecule has 2 aliphatic rings. The summed E-state index contributed by atoms with van der Waals surface area (Å²) in [6.07, 6.45) is 4.09. The van der Waals surface area contributed by atoms with E-state index < -0.39 is 0 Å². The van der Waals surface area contributed by atoms with Gasteiger partial charge in [-0.15, -0.1) is 0 Å². The van der Waals surface area contributed by atoms with Crippen LogP contribution in [-0.4, -0.2) is 29.9 Å². The quantitative estimate of drug-likeness (QED) is 0.908. The van der Waals surface area contributed by atoms with Gasteiger partial charge in [0.05, 0.1) is 6.04 Å². The molecule has 1 aromatic rings. The van der Waals surface area contributed by atoms with Gasteiger partial charge in [0.25, 0.3) is 0 Å². The van der Waals surface area contributed by atoms with Crippen molar-refractivity contribution in [3.8, 4) is 0 Å². The Morgan fingerprint density at radius 1 is 1.29 bits per heavy atom. The van der Waals surface area contributed by atoms with Crippen molar-refractivity contribution in [2.45, 2.75) is 44.7 Å². The fraction of sp³-hybridized carbons (Fsp3) is 0.588. The Morgan fingerprint density at radius 2 is 2.05 bits per heavy atom. The molecule has 2 saturated heterocycles. The van der Waals surface area contributed by atoms with Gasteiger partial charge in [-0.25, -0.2) is 0 Å². The molecule has 1 N–H and O–H groups in total. The summed E-state index contributed by atoms with van der Waals surface area (Å²) in [6, 6.07) is 8.65. The maximum absolute atomic E-state index is 12.9. The van der Waals surface area contributed by atoms with E-state index in [1.807, 2.05) is 12.1 Å². The second-order valence-corrected chi connectivity index (χ2v) is 6.75. The number of nitrogens with zero attached hydrogens (tertiary/aromatic N) is 1. The normalized spacial score (nSPS) is 29.6. The number of hydrogen-bond acceptors (Lipinski definition) is 2. The summed E-state index contributed by atoms with van der Waals surface area (Å²) in [5, 5.41) is 4.17. The van der Waals surface area contributed by atoms with Gasteiger partial charge >= 0.3 is 0 Å². The number of halogens is 1. The summed E-state index contributed by atoms with van der Waals surface area (Å²) in [6.45, 7) is 4.02. The number of benzene rings is 1. The molecule has 2 heterocycles. The summed E-state index contributed by atoms with van der Waals surface area (Å²) < 4.78 is 0. The predicted octanol–water partition coefficient (Wildman–Crippen LogP) is 3.39. The predicted molar refractivity (Wildman–Crippen MR) is 85.3 cm³/mol. The Kier molecular flexibility index (Phi) is 4.51. The van der Waals surface area contributed by atoms with Crippen molar-refractivity contribution < 1.29 is 4.79 Å². The van der Waals surface area contributed by atoms with Crippen LogP contribution < -0.4 is 5.32 Å². The average Bonchev–Trinajstić information content (AvgIpc) is 2.96. The zero-order chi connectivity index (χ0) is 14.8. The summed E-state index contributed by atoms with van der Waals surface area (Å²) in [5.74, 6) is 0.537. The number of carbonyl (C=O) groups excluding carboxylic acids is 1. The van der Waals surface area contributed by atoms with Crippen LogP contribution in [0.4, 0.5) is 0 Å². The highest BCUT2D eigenvalue weighted by molar-refractivity contribution is 6.30. The first-order valence-corrected chi connectivity index (χ1v) is 8.32. The van der Waals surface area contributed by atoms with E-state index in [9.17, 15) is 4.79 Å². The summed E-state index contributed by atoms with van der Waals surface area (Å²) >= 11 is 5.97. The van der Waals surface area contributed by atoms with Crippen molar-refractivity contribution in [2.24, 2.45) is 5.92 Å². The van der Waals surface area contributed by atoms with Crippen LogP contribution in [0.15, 0.2) is 24.3 Å². The molecule has 4 heteroatoms. The van der Waals surface area contributed by atoms with E-state index in [4.69, 9.17) is 11.6 Å². The van der Waals surface area contributed by atoms with E-state index in [0.717, 1.165) is 43.8 Å². The van der Waals surface area contributed by atoms with Gasteiger partial charge in [-0.1, -0.05) is 23.7 Å². The van der Waals surface area contributed by atoms with Gasteiger partial charge in [0, 0.05) is 23.5 Å². The van der Waals surface area contributed by atoms with E-state index in [0.29, 0.717) is 11.9 Å². The minimum Gasteiger partial charge on any atom is -0.335 e. The number of amides is 1. The first-order valence-electron chi connectivity index (χ1n) is 7.94. The molecule has 114 valence electrons. The lowest BCUT2D eigenvalue weighted by Crippen LogP contribution is -2.44. The number of likely N-dealkylation sites (tertiary alicyclic amines) is 1. The molecule has 3 nitrogen and oxygen atoms in total. The van der Waals surface area contributed by atoms with E-state index >= 15 is 0 Å². The molecule has 1 unspecified atom stereocenters.